The third kappa shape index (κ3) is 9.53. The Hall–Kier alpha value is -1.50. The SMILES string of the molecule is CCNC(=NCCCOC(C)C)N1CCC(NC(=O)OC(C)(C)C)C1. The van der Waals surface area contributed by atoms with Crippen molar-refractivity contribution in [3.8, 4) is 0 Å². The number of carbonyl (C=O) groups is 1. The maximum Gasteiger partial charge on any atom is 0.407 e. The number of carbonyl (C=O) groups excluding carboxylic acids is 1. The van der Waals surface area contributed by atoms with Gasteiger partial charge in [0.25, 0.3) is 0 Å². The highest BCUT2D eigenvalue weighted by atomic mass is 16.6. The second-order valence-electron chi connectivity index (χ2n) is 7.59. The molecule has 1 heterocycles. The zero-order valence-electron chi connectivity index (χ0n) is 16.7. The number of hydrogen-bond donors (Lipinski definition) is 2. The minimum Gasteiger partial charge on any atom is -0.444 e. The quantitative estimate of drug-likeness (QED) is 0.416. The van der Waals surface area contributed by atoms with Crippen molar-refractivity contribution in [3.05, 3.63) is 0 Å². The number of amides is 1. The Morgan fingerprint density at radius 1 is 1.36 bits per heavy atom. The summed E-state index contributed by atoms with van der Waals surface area (Å²) in [5, 5.41) is 6.27. The summed E-state index contributed by atoms with van der Waals surface area (Å²) in [6.07, 6.45) is 1.70. The smallest absolute Gasteiger partial charge is 0.407 e. The summed E-state index contributed by atoms with van der Waals surface area (Å²) in [6.45, 7) is 15.6. The summed E-state index contributed by atoms with van der Waals surface area (Å²) in [6, 6.07) is 0.0861. The fourth-order valence-electron chi connectivity index (χ4n) is 2.54. The van der Waals surface area contributed by atoms with Crippen molar-refractivity contribution in [2.45, 2.75) is 72.1 Å². The van der Waals surface area contributed by atoms with Crippen LogP contribution < -0.4 is 10.6 Å². The van der Waals surface area contributed by atoms with Gasteiger partial charge in [-0.3, -0.25) is 4.99 Å². The number of rotatable bonds is 7. The normalized spacial score (nSPS) is 18.6. The molecule has 1 aliphatic heterocycles. The fourth-order valence-corrected chi connectivity index (χ4v) is 2.54. The van der Waals surface area contributed by atoms with Gasteiger partial charge in [0.2, 0.25) is 0 Å². The van der Waals surface area contributed by atoms with Crippen LogP contribution in [0.4, 0.5) is 4.79 Å². The van der Waals surface area contributed by atoms with Gasteiger partial charge in [-0.05, 0) is 54.4 Å². The van der Waals surface area contributed by atoms with Gasteiger partial charge in [-0.2, -0.15) is 0 Å². The first kappa shape index (κ1) is 21.5. The summed E-state index contributed by atoms with van der Waals surface area (Å²) >= 11 is 0. The van der Waals surface area contributed by atoms with Gasteiger partial charge >= 0.3 is 6.09 Å². The lowest BCUT2D eigenvalue weighted by Gasteiger charge is -2.23. The van der Waals surface area contributed by atoms with E-state index in [0.717, 1.165) is 51.6 Å². The summed E-state index contributed by atoms with van der Waals surface area (Å²) in [4.78, 5) is 18.8. The van der Waals surface area contributed by atoms with Crippen molar-refractivity contribution < 1.29 is 14.3 Å². The minimum atomic E-state index is -0.475. The minimum absolute atomic E-state index is 0.0861. The molecule has 1 atom stereocenters. The molecule has 1 unspecified atom stereocenters. The molecule has 25 heavy (non-hydrogen) atoms. The van der Waals surface area contributed by atoms with Gasteiger partial charge in [-0.1, -0.05) is 0 Å². The van der Waals surface area contributed by atoms with Crippen molar-refractivity contribution in [2.75, 3.05) is 32.8 Å². The highest BCUT2D eigenvalue weighted by Crippen LogP contribution is 2.12. The van der Waals surface area contributed by atoms with E-state index in [9.17, 15) is 4.79 Å². The zero-order chi connectivity index (χ0) is 18.9. The van der Waals surface area contributed by atoms with Gasteiger partial charge in [0.15, 0.2) is 5.96 Å². The molecule has 0 radical (unpaired) electrons. The Kier molecular flexibility index (Phi) is 9.03. The van der Waals surface area contributed by atoms with Gasteiger partial charge in [0, 0.05) is 32.8 Å². The predicted octanol–water partition coefficient (Wildman–Crippen LogP) is 2.37. The molecule has 0 aromatic carbocycles. The van der Waals surface area contributed by atoms with Crippen LogP contribution in [0.25, 0.3) is 0 Å². The summed E-state index contributed by atoms with van der Waals surface area (Å²) < 4.78 is 10.9. The molecule has 0 aromatic rings. The topological polar surface area (TPSA) is 75.2 Å². The first-order valence-corrected chi connectivity index (χ1v) is 9.35. The number of nitrogens with zero attached hydrogens (tertiary/aromatic N) is 2. The molecular formula is C18H36N4O3. The number of guanidine groups is 1. The first-order chi connectivity index (χ1) is 11.7. The Morgan fingerprint density at radius 2 is 2.08 bits per heavy atom. The molecule has 1 saturated heterocycles. The van der Waals surface area contributed by atoms with Gasteiger partial charge in [0.1, 0.15) is 5.60 Å². The highest BCUT2D eigenvalue weighted by molar-refractivity contribution is 5.80. The fraction of sp³-hybridized carbons (Fsp3) is 0.889. The van der Waals surface area contributed by atoms with Crippen LogP contribution in [0, 0.1) is 0 Å². The van der Waals surface area contributed by atoms with E-state index < -0.39 is 5.60 Å². The molecule has 1 rings (SSSR count). The van der Waals surface area contributed by atoms with Crippen LogP contribution in [0.15, 0.2) is 4.99 Å². The van der Waals surface area contributed by atoms with Crippen molar-refractivity contribution in [3.63, 3.8) is 0 Å². The molecule has 1 fully saturated rings. The summed E-state index contributed by atoms with van der Waals surface area (Å²) in [5.41, 5.74) is -0.475. The Balaban J connectivity index is 2.44. The second kappa shape index (κ2) is 10.5. The molecule has 1 amide bonds. The monoisotopic (exact) mass is 356 g/mol. The van der Waals surface area contributed by atoms with Gasteiger partial charge < -0.3 is 25.0 Å². The maximum atomic E-state index is 11.9. The van der Waals surface area contributed by atoms with Gasteiger partial charge in [0.05, 0.1) is 12.1 Å². The van der Waals surface area contributed by atoms with Crippen LogP contribution in [0.5, 0.6) is 0 Å². The number of alkyl carbamates (subject to hydrolysis) is 1. The van der Waals surface area contributed by atoms with E-state index in [2.05, 4.69) is 27.4 Å². The molecule has 0 saturated carbocycles. The second-order valence-corrected chi connectivity index (χ2v) is 7.59. The third-order valence-electron chi connectivity index (χ3n) is 3.56. The molecular weight excluding hydrogens is 320 g/mol. The lowest BCUT2D eigenvalue weighted by atomic mass is 10.2. The molecule has 0 aromatic heterocycles. The van der Waals surface area contributed by atoms with E-state index in [1.54, 1.807) is 0 Å². The number of nitrogens with one attached hydrogen (secondary N) is 2. The zero-order valence-corrected chi connectivity index (χ0v) is 16.7. The Morgan fingerprint density at radius 3 is 2.68 bits per heavy atom. The van der Waals surface area contributed by atoms with E-state index in [-0.39, 0.29) is 18.2 Å². The van der Waals surface area contributed by atoms with Crippen LogP contribution >= 0.6 is 0 Å². The molecule has 0 spiro atoms. The number of aliphatic imine (C=N–C) groups is 1. The highest BCUT2D eigenvalue weighted by Gasteiger charge is 2.27. The van der Waals surface area contributed by atoms with Crippen LogP contribution in [-0.4, -0.2) is 67.5 Å². The largest absolute Gasteiger partial charge is 0.444 e. The van der Waals surface area contributed by atoms with E-state index in [4.69, 9.17) is 9.47 Å². The summed E-state index contributed by atoms with van der Waals surface area (Å²) in [5.74, 6) is 0.903. The van der Waals surface area contributed by atoms with Crippen molar-refractivity contribution >= 4 is 12.1 Å². The van der Waals surface area contributed by atoms with E-state index in [1.807, 2.05) is 34.6 Å². The number of ether oxygens (including phenoxy) is 2. The molecule has 7 nitrogen and oxygen atoms in total. The van der Waals surface area contributed by atoms with Crippen LogP contribution in [0.3, 0.4) is 0 Å². The van der Waals surface area contributed by atoms with Crippen molar-refractivity contribution in [2.24, 2.45) is 4.99 Å². The summed E-state index contributed by atoms with van der Waals surface area (Å²) in [7, 11) is 0. The van der Waals surface area contributed by atoms with E-state index in [1.165, 1.54) is 0 Å². The first-order valence-electron chi connectivity index (χ1n) is 9.35. The van der Waals surface area contributed by atoms with Crippen molar-refractivity contribution in [1.29, 1.82) is 0 Å². The average Bonchev–Trinajstić information content (AvgIpc) is 2.91. The third-order valence-corrected chi connectivity index (χ3v) is 3.56. The molecule has 1 aliphatic rings. The van der Waals surface area contributed by atoms with Crippen molar-refractivity contribution in [1.82, 2.24) is 15.5 Å². The number of hydrogen-bond acceptors (Lipinski definition) is 4. The van der Waals surface area contributed by atoms with E-state index >= 15 is 0 Å². The molecule has 146 valence electrons. The van der Waals surface area contributed by atoms with E-state index in [0.29, 0.717) is 0 Å². The van der Waals surface area contributed by atoms with Crippen LogP contribution in [0.1, 0.15) is 54.4 Å². The predicted molar refractivity (Wildman–Crippen MR) is 101 cm³/mol. The standard InChI is InChI=1S/C18H36N4O3/c1-7-19-16(20-10-8-12-24-14(2)3)22-11-9-15(13-22)21-17(23)25-18(4,5)6/h14-15H,7-13H2,1-6H3,(H,19,20)(H,21,23). The van der Waals surface area contributed by atoms with Gasteiger partial charge in [-0.25, -0.2) is 4.79 Å². The van der Waals surface area contributed by atoms with Crippen LogP contribution in [-0.2, 0) is 9.47 Å². The molecule has 7 heteroatoms. The molecule has 0 bridgehead atoms. The Bertz CT molecular complexity index is 433. The average molecular weight is 357 g/mol. The lowest BCUT2D eigenvalue weighted by Crippen LogP contribution is -2.44. The molecule has 2 N–H and O–H groups in total. The maximum absolute atomic E-state index is 11.9. The van der Waals surface area contributed by atoms with Gasteiger partial charge in [-0.15, -0.1) is 0 Å². The lowest BCUT2D eigenvalue weighted by molar-refractivity contribution is 0.0507. The Labute approximate surface area is 152 Å². The van der Waals surface area contributed by atoms with Crippen LogP contribution in [0.2, 0.25) is 0 Å². The number of likely N-dealkylation sites (tertiary alicyclic amines) is 1. The molecule has 0 aliphatic carbocycles.